The van der Waals surface area contributed by atoms with Crippen LogP contribution in [0.4, 0.5) is 5.69 Å². The minimum Gasteiger partial charge on any atom is -0.389 e. The molecular weight excluding hydrogens is 276 g/mol. The molecule has 0 spiro atoms. The van der Waals surface area contributed by atoms with Gasteiger partial charge in [0.15, 0.2) is 0 Å². The van der Waals surface area contributed by atoms with Crippen LogP contribution >= 0.6 is 0 Å². The Bertz CT molecular complexity index is 531. The van der Waals surface area contributed by atoms with E-state index in [0.29, 0.717) is 6.54 Å². The summed E-state index contributed by atoms with van der Waals surface area (Å²) in [6, 6.07) is 0. The van der Waals surface area contributed by atoms with Crippen LogP contribution in [0.2, 0.25) is 0 Å². The molecule has 0 saturated carbocycles. The largest absolute Gasteiger partial charge is 0.389 e. The summed E-state index contributed by atoms with van der Waals surface area (Å²) in [7, 11) is 0. The molecule has 0 unspecified atom stereocenters. The molecule has 0 aliphatic rings. The SMILES string of the molecule is CCN(CC(C)(C)O)C(=O)C(C)(C)n1cc([N+](=O)[O-])cn1. The summed E-state index contributed by atoms with van der Waals surface area (Å²) in [5.74, 6) is -0.259. The topological polar surface area (TPSA) is 102 Å². The van der Waals surface area contributed by atoms with Gasteiger partial charge in [0.25, 0.3) is 0 Å². The van der Waals surface area contributed by atoms with Gasteiger partial charge in [-0.1, -0.05) is 0 Å². The molecule has 118 valence electrons. The third kappa shape index (κ3) is 4.01. The number of rotatable bonds is 6. The van der Waals surface area contributed by atoms with Crippen LogP contribution in [0.1, 0.15) is 34.6 Å². The van der Waals surface area contributed by atoms with Crippen molar-refractivity contribution in [3.8, 4) is 0 Å². The Kier molecular flexibility index (Phi) is 4.72. The van der Waals surface area contributed by atoms with Crippen molar-refractivity contribution in [2.45, 2.75) is 45.8 Å². The summed E-state index contributed by atoms with van der Waals surface area (Å²) in [4.78, 5) is 24.3. The summed E-state index contributed by atoms with van der Waals surface area (Å²) in [5.41, 5.74) is -2.26. The fourth-order valence-electron chi connectivity index (χ4n) is 1.99. The van der Waals surface area contributed by atoms with E-state index in [1.807, 2.05) is 6.92 Å². The van der Waals surface area contributed by atoms with Crippen LogP contribution in [0.25, 0.3) is 0 Å². The van der Waals surface area contributed by atoms with Crippen LogP contribution in [0.3, 0.4) is 0 Å². The number of hydrogen-bond donors (Lipinski definition) is 1. The molecule has 1 aromatic heterocycles. The van der Waals surface area contributed by atoms with Crippen molar-refractivity contribution >= 4 is 11.6 Å². The van der Waals surface area contributed by atoms with E-state index in [2.05, 4.69) is 5.10 Å². The average molecular weight is 298 g/mol. The first kappa shape index (κ1) is 17.1. The summed E-state index contributed by atoms with van der Waals surface area (Å²) < 4.78 is 1.28. The van der Waals surface area contributed by atoms with Gasteiger partial charge in [-0.15, -0.1) is 0 Å². The molecule has 1 aromatic rings. The van der Waals surface area contributed by atoms with E-state index in [4.69, 9.17) is 0 Å². The first-order valence-corrected chi connectivity index (χ1v) is 6.70. The lowest BCUT2D eigenvalue weighted by Crippen LogP contribution is -2.51. The maximum absolute atomic E-state index is 12.6. The molecule has 1 rings (SSSR count). The Hall–Kier alpha value is -1.96. The minimum atomic E-state index is -1.07. The second kappa shape index (κ2) is 5.80. The van der Waals surface area contributed by atoms with Gasteiger partial charge in [-0.3, -0.25) is 19.6 Å². The first-order chi connectivity index (χ1) is 9.49. The Morgan fingerprint density at radius 1 is 1.48 bits per heavy atom. The Labute approximate surface area is 123 Å². The van der Waals surface area contributed by atoms with Crippen molar-refractivity contribution < 1.29 is 14.8 Å². The fourth-order valence-corrected chi connectivity index (χ4v) is 1.99. The fraction of sp³-hybridized carbons (Fsp3) is 0.692. The van der Waals surface area contributed by atoms with Gasteiger partial charge in [-0.25, -0.2) is 0 Å². The first-order valence-electron chi connectivity index (χ1n) is 6.70. The van der Waals surface area contributed by atoms with E-state index in [-0.39, 0.29) is 18.1 Å². The number of amides is 1. The van der Waals surface area contributed by atoms with Crippen LogP contribution in [-0.2, 0) is 10.3 Å². The Morgan fingerprint density at radius 2 is 2.05 bits per heavy atom. The van der Waals surface area contributed by atoms with Crippen molar-refractivity contribution in [2.24, 2.45) is 0 Å². The standard InChI is InChI=1S/C13H22N4O4/c1-6-15(9-12(2,3)19)11(18)13(4,5)16-8-10(7-14-16)17(20)21/h7-8,19H,6,9H2,1-5H3. The number of aromatic nitrogens is 2. The minimum absolute atomic E-state index is 0.165. The van der Waals surface area contributed by atoms with Crippen LogP contribution in [0, 0.1) is 10.1 Å². The highest BCUT2D eigenvalue weighted by atomic mass is 16.6. The van der Waals surface area contributed by atoms with E-state index < -0.39 is 16.1 Å². The van der Waals surface area contributed by atoms with Gasteiger partial charge in [-0.05, 0) is 34.6 Å². The molecule has 8 heteroatoms. The smallest absolute Gasteiger partial charge is 0.307 e. The summed E-state index contributed by atoms with van der Waals surface area (Å²) in [5, 5.41) is 24.5. The number of likely N-dealkylation sites (N-methyl/N-ethyl adjacent to an activating group) is 1. The molecular formula is C13H22N4O4. The third-order valence-electron chi connectivity index (χ3n) is 3.12. The van der Waals surface area contributed by atoms with Crippen molar-refractivity contribution in [3.63, 3.8) is 0 Å². The molecule has 8 nitrogen and oxygen atoms in total. The molecule has 0 atom stereocenters. The quantitative estimate of drug-likeness (QED) is 0.627. The van der Waals surface area contributed by atoms with Crippen LogP contribution < -0.4 is 0 Å². The predicted octanol–water partition coefficient (Wildman–Crippen LogP) is 1.15. The zero-order chi connectivity index (χ0) is 16.4. The molecule has 0 aliphatic heterocycles. The second-order valence-corrected chi connectivity index (χ2v) is 6.09. The number of carbonyl (C=O) groups is 1. The van der Waals surface area contributed by atoms with Crippen molar-refractivity contribution in [2.75, 3.05) is 13.1 Å². The number of hydrogen-bond acceptors (Lipinski definition) is 5. The van der Waals surface area contributed by atoms with Crippen molar-refractivity contribution in [1.29, 1.82) is 0 Å². The second-order valence-electron chi connectivity index (χ2n) is 6.09. The summed E-state index contributed by atoms with van der Waals surface area (Å²) in [6.07, 6.45) is 2.34. The normalized spacial score (nSPS) is 12.3. The highest BCUT2D eigenvalue weighted by Crippen LogP contribution is 2.22. The molecule has 0 fully saturated rings. The van der Waals surface area contributed by atoms with Gasteiger partial charge in [-0.2, -0.15) is 5.10 Å². The Morgan fingerprint density at radius 3 is 2.43 bits per heavy atom. The lowest BCUT2D eigenvalue weighted by atomic mass is 10.0. The zero-order valence-electron chi connectivity index (χ0n) is 13.0. The van der Waals surface area contributed by atoms with Gasteiger partial charge < -0.3 is 10.0 Å². The van der Waals surface area contributed by atoms with Gasteiger partial charge in [0.1, 0.15) is 17.9 Å². The molecule has 1 heterocycles. The number of aliphatic hydroxyl groups is 1. The molecule has 21 heavy (non-hydrogen) atoms. The number of nitro groups is 1. The molecule has 0 radical (unpaired) electrons. The van der Waals surface area contributed by atoms with E-state index >= 15 is 0 Å². The van der Waals surface area contributed by atoms with E-state index in [1.54, 1.807) is 27.7 Å². The van der Waals surface area contributed by atoms with Crippen LogP contribution in [-0.4, -0.2) is 49.3 Å². The highest BCUT2D eigenvalue weighted by molar-refractivity contribution is 5.83. The zero-order valence-corrected chi connectivity index (χ0v) is 13.0. The highest BCUT2D eigenvalue weighted by Gasteiger charge is 2.36. The third-order valence-corrected chi connectivity index (χ3v) is 3.12. The lowest BCUT2D eigenvalue weighted by molar-refractivity contribution is -0.385. The van der Waals surface area contributed by atoms with E-state index in [9.17, 15) is 20.0 Å². The van der Waals surface area contributed by atoms with Gasteiger partial charge in [0.2, 0.25) is 5.91 Å². The lowest BCUT2D eigenvalue weighted by Gasteiger charge is -2.34. The molecule has 1 amide bonds. The summed E-state index contributed by atoms with van der Waals surface area (Å²) >= 11 is 0. The van der Waals surface area contributed by atoms with Crippen LogP contribution in [0.5, 0.6) is 0 Å². The van der Waals surface area contributed by atoms with Gasteiger partial charge in [0, 0.05) is 13.1 Å². The molecule has 0 aromatic carbocycles. The number of carbonyl (C=O) groups excluding carboxylic acids is 1. The number of nitrogens with zero attached hydrogens (tertiary/aromatic N) is 4. The van der Waals surface area contributed by atoms with Gasteiger partial charge in [0.05, 0.1) is 10.5 Å². The maximum Gasteiger partial charge on any atom is 0.307 e. The molecule has 1 N–H and O–H groups in total. The van der Waals surface area contributed by atoms with Crippen molar-refractivity contribution in [3.05, 3.63) is 22.5 Å². The molecule has 0 saturated heterocycles. The summed E-state index contributed by atoms with van der Waals surface area (Å²) in [6.45, 7) is 8.93. The molecule has 0 bridgehead atoms. The van der Waals surface area contributed by atoms with Crippen LogP contribution in [0.15, 0.2) is 12.4 Å². The van der Waals surface area contributed by atoms with E-state index in [0.717, 1.165) is 6.20 Å². The maximum atomic E-state index is 12.6. The van der Waals surface area contributed by atoms with Crippen molar-refractivity contribution in [1.82, 2.24) is 14.7 Å². The molecule has 0 aliphatic carbocycles. The van der Waals surface area contributed by atoms with Gasteiger partial charge >= 0.3 is 5.69 Å². The van der Waals surface area contributed by atoms with E-state index in [1.165, 1.54) is 15.8 Å². The monoisotopic (exact) mass is 298 g/mol. The average Bonchev–Trinajstić information content (AvgIpc) is 2.84. The Balaban J connectivity index is 3.03. The predicted molar refractivity (Wildman–Crippen MR) is 76.8 cm³/mol.